The van der Waals surface area contributed by atoms with E-state index in [0.717, 1.165) is 5.56 Å². The molecule has 1 rings (SSSR count). The van der Waals surface area contributed by atoms with E-state index in [1.54, 1.807) is 0 Å². The molecule has 0 aliphatic heterocycles. The zero-order valence-electron chi connectivity index (χ0n) is 12.6. The van der Waals surface area contributed by atoms with Gasteiger partial charge in [-0.15, -0.1) is 0 Å². The summed E-state index contributed by atoms with van der Waals surface area (Å²) < 4.78 is 0. The highest BCUT2D eigenvalue weighted by atomic mass is 16.3. The second-order valence-corrected chi connectivity index (χ2v) is 5.61. The summed E-state index contributed by atoms with van der Waals surface area (Å²) in [6.45, 7) is 10.5. The van der Waals surface area contributed by atoms with Gasteiger partial charge in [-0.3, -0.25) is 4.79 Å². The van der Waals surface area contributed by atoms with Crippen LogP contribution in [-0.4, -0.2) is 17.6 Å². The number of aliphatic hydroxyl groups excluding tert-OH is 1. The van der Waals surface area contributed by atoms with Gasteiger partial charge in [-0.2, -0.15) is 0 Å². The maximum absolute atomic E-state index is 12.0. The van der Waals surface area contributed by atoms with Crippen LogP contribution in [0.3, 0.4) is 0 Å². The number of carbonyl (C=O) groups excluding carboxylic acids is 1. The van der Waals surface area contributed by atoms with Gasteiger partial charge in [-0.1, -0.05) is 26.0 Å². The maximum Gasteiger partial charge on any atom is 0.225 e. The van der Waals surface area contributed by atoms with Crippen LogP contribution in [0.2, 0.25) is 0 Å². The summed E-state index contributed by atoms with van der Waals surface area (Å²) in [6.07, 6.45) is 0. The van der Waals surface area contributed by atoms with Gasteiger partial charge in [0.25, 0.3) is 0 Å². The number of aliphatic hydroxyl groups is 1. The lowest BCUT2D eigenvalue weighted by Gasteiger charge is -2.18. The third-order valence-corrected chi connectivity index (χ3v) is 3.74. The number of carbonyl (C=O) groups is 1. The van der Waals surface area contributed by atoms with Crippen molar-refractivity contribution in [3.05, 3.63) is 34.4 Å². The van der Waals surface area contributed by atoms with Crippen LogP contribution < -0.4 is 5.32 Å². The van der Waals surface area contributed by atoms with Crippen LogP contribution in [-0.2, 0) is 11.3 Å². The maximum atomic E-state index is 12.0. The fraction of sp³-hybridized carbons (Fsp3) is 0.562. The predicted octanol–water partition coefficient (Wildman–Crippen LogP) is 2.49. The number of amides is 1. The standard InChI is InChI=1S/C16H25NO2/c1-10(2)15(9-18)16(19)17-8-14-7-12(4)11(3)6-13(14)5/h6-7,10,15,18H,8-9H2,1-5H3,(H,17,19). The highest BCUT2D eigenvalue weighted by Crippen LogP contribution is 2.16. The molecule has 106 valence electrons. The minimum Gasteiger partial charge on any atom is -0.396 e. The van der Waals surface area contributed by atoms with Crippen molar-refractivity contribution in [3.8, 4) is 0 Å². The number of nitrogens with one attached hydrogen (secondary N) is 1. The van der Waals surface area contributed by atoms with Crippen LogP contribution in [0.1, 0.15) is 36.1 Å². The molecule has 0 aliphatic rings. The molecule has 1 unspecified atom stereocenters. The number of hydrogen-bond acceptors (Lipinski definition) is 2. The summed E-state index contributed by atoms with van der Waals surface area (Å²) in [4.78, 5) is 12.0. The number of rotatable bonds is 5. The Morgan fingerprint density at radius 1 is 1.16 bits per heavy atom. The van der Waals surface area contributed by atoms with E-state index < -0.39 is 0 Å². The van der Waals surface area contributed by atoms with Gasteiger partial charge in [0.15, 0.2) is 0 Å². The fourth-order valence-electron chi connectivity index (χ4n) is 2.12. The summed E-state index contributed by atoms with van der Waals surface area (Å²) >= 11 is 0. The molecule has 0 spiro atoms. The van der Waals surface area contributed by atoms with E-state index in [-0.39, 0.29) is 24.3 Å². The quantitative estimate of drug-likeness (QED) is 0.857. The number of aryl methyl sites for hydroxylation is 3. The normalized spacial score (nSPS) is 12.6. The van der Waals surface area contributed by atoms with E-state index in [0.29, 0.717) is 6.54 Å². The first kappa shape index (κ1) is 15.7. The molecular weight excluding hydrogens is 238 g/mol. The minimum absolute atomic E-state index is 0.0740. The molecule has 19 heavy (non-hydrogen) atoms. The smallest absolute Gasteiger partial charge is 0.225 e. The highest BCUT2D eigenvalue weighted by Gasteiger charge is 2.20. The van der Waals surface area contributed by atoms with E-state index in [2.05, 4.69) is 38.2 Å². The number of hydrogen-bond donors (Lipinski definition) is 2. The van der Waals surface area contributed by atoms with Crippen LogP contribution in [0.25, 0.3) is 0 Å². The van der Waals surface area contributed by atoms with Gasteiger partial charge in [-0.05, 0) is 48.9 Å². The Hall–Kier alpha value is -1.35. The molecule has 2 N–H and O–H groups in total. The first-order valence-electron chi connectivity index (χ1n) is 6.82. The Kier molecular flexibility index (Phi) is 5.55. The Balaban J connectivity index is 2.72. The van der Waals surface area contributed by atoms with E-state index in [1.165, 1.54) is 16.7 Å². The molecule has 1 amide bonds. The van der Waals surface area contributed by atoms with E-state index in [4.69, 9.17) is 0 Å². The monoisotopic (exact) mass is 263 g/mol. The second-order valence-electron chi connectivity index (χ2n) is 5.61. The zero-order valence-corrected chi connectivity index (χ0v) is 12.6. The molecule has 0 aromatic heterocycles. The summed E-state index contributed by atoms with van der Waals surface area (Å²) in [7, 11) is 0. The molecular formula is C16H25NO2. The van der Waals surface area contributed by atoms with Crippen molar-refractivity contribution in [2.75, 3.05) is 6.61 Å². The van der Waals surface area contributed by atoms with Gasteiger partial charge < -0.3 is 10.4 Å². The van der Waals surface area contributed by atoms with Gasteiger partial charge in [0.1, 0.15) is 0 Å². The van der Waals surface area contributed by atoms with Crippen molar-refractivity contribution >= 4 is 5.91 Å². The molecule has 0 saturated carbocycles. The van der Waals surface area contributed by atoms with Gasteiger partial charge >= 0.3 is 0 Å². The van der Waals surface area contributed by atoms with E-state index in [9.17, 15) is 9.90 Å². The third-order valence-electron chi connectivity index (χ3n) is 3.74. The van der Waals surface area contributed by atoms with Crippen molar-refractivity contribution in [2.45, 2.75) is 41.2 Å². The Morgan fingerprint density at radius 3 is 2.26 bits per heavy atom. The Labute approximate surface area is 116 Å². The predicted molar refractivity (Wildman–Crippen MR) is 77.9 cm³/mol. The van der Waals surface area contributed by atoms with Gasteiger partial charge in [-0.25, -0.2) is 0 Å². The van der Waals surface area contributed by atoms with Crippen LogP contribution in [0.4, 0.5) is 0 Å². The zero-order chi connectivity index (χ0) is 14.6. The van der Waals surface area contributed by atoms with Crippen molar-refractivity contribution < 1.29 is 9.90 Å². The molecule has 3 heteroatoms. The minimum atomic E-state index is -0.327. The first-order valence-corrected chi connectivity index (χ1v) is 6.82. The average molecular weight is 263 g/mol. The Morgan fingerprint density at radius 2 is 1.74 bits per heavy atom. The second kappa shape index (κ2) is 6.71. The highest BCUT2D eigenvalue weighted by molar-refractivity contribution is 5.79. The molecule has 0 bridgehead atoms. The lowest BCUT2D eigenvalue weighted by Crippen LogP contribution is -2.35. The molecule has 0 saturated heterocycles. The molecule has 1 atom stereocenters. The Bertz CT molecular complexity index is 452. The SMILES string of the molecule is Cc1cc(C)c(CNC(=O)C(CO)C(C)C)cc1C. The molecule has 0 heterocycles. The van der Waals surface area contributed by atoms with Crippen LogP contribution in [0, 0.1) is 32.6 Å². The van der Waals surface area contributed by atoms with Crippen molar-refractivity contribution in [1.29, 1.82) is 0 Å². The van der Waals surface area contributed by atoms with Crippen LogP contribution in [0.15, 0.2) is 12.1 Å². The number of benzene rings is 1. The van der Waals surface area contributed by atoms with Gasteiger partial charge in [0.2, 0.25) is 5.91 Å². The van der Waals surface area contributed by atoms with Gasteiger partial charge in [0.05, 0.1) is 12.5 Å². The van der Waals surface area contributed by atoms with Crippen molar-refractivity contribution in [3.63, 3.8) is 0 Å². The molecule has 0 radical (unpaired) electrons. The van der Waals surface area contributed by atoms with Crippen molar-refractivity contribution in [2.24, 2.45) is 11.8 Å². The summed E-state index contributed by atoms with van der Waals surface area (Å²) in [5, 5.41) is 12.2. The van der Waals surface area contributed by atoms with Crippen LogP contribution in [0.5, 0.6) is 0 Å². The van der Waals surface area contributed by atoms with Crippen molar-refractivity contribution in [1.82, 2.24) is 5.32 Å². The molecule has 1 aromatic rings. The summed E-state index contributed by atoms with van der Waals surface area (Å²) in [5.74, 6) is -0.257. The third kappa shape index (κ3) is 4.06. The lowest BCUT2D eigenvalue weighted by atomic mass is 9.95. The largest absolute Gasteiger partial charge is 0.396 e. The lowest BCUT2D eigenvalue weighted by molar-refractivity contribution is -0.127. The molecule has 3 nitrogen and oxygen atoms in total. The van der Waals surface area contributed by atoms with Crippen LogP contribution >= 0.6 is 0 Å². The first-order chi connectivity index (χ1) is 8.86. The summed E-state index contributed by atoms with van der Waals surface area (Å²) in [6, 6.07) is 4.26. The average Bonchev–Trinajstić information content (AvgIpc) is 2.32. The fourth-order valence-corrected chi connectivity index (χ4v) is 2.12. The van der Waals surface area contributed by atoms with E-state index >= 15 is 0 Å². The molecule has 0 fully saturated rings. The van der Waals surface area contributed by atoms with Gasteiger partial charge in [0, 0.05) is 6.54 Å². The topological polar surface area (TPSA) is 49.3 Å². The molecule has 0 aliphatic carbocycles. The molecule has 1 aromatic carbocycles. The van der Waals surface area contributed by atoms with E-state index in [1.807, 2.05) is 13.8 Å². The summed E-state index contributed by atoms with van der Waals surface area (Å²) in [5.41, 5.74) is 4.82.